The molecule has 44 heavy (non-hydrogen) atoms. The lowest BCUT2D eigenvalue weighted by molar-refractivity contribution is -0.143. The Morgan fingerprint density at radius 1 is 0.818 bits per heavy atom. The minimum atomic E-state index is -4.94. The van der Waals surface area contributed by atoms with Gasteiger partial charge >= 0.3 is 12.4 Å². The van der Waals surface area contributed by atoms with Crippen molar-refractivity contribution in [2.45, 2.75) is 64.5 Å². The summed E-state index contributed by atoms with van der Waals surface area (Å²) < 4.78 is 83.6. The van der Waals surface area contributed by atoms with Crippen molar-refractivity contribution in [3.05, 3.63) is 76.6 Å². The van der Waals surface area contributed by atoms with Crippen LogP contribution in [0.3, 0.4) is 0 Å². The van der Waals surface area contributed by atoms with Gasteiger partial charge in [0.1, 0.15) is 12.1 Å². The highest BCUT2D eigenvalue weighted by atomic mass is 19.4. The van der Waals surface area contributed by atoms with Crippen molar-refractivity contribution in [3.63, 3.8) is 0 Å². The third-order valence-corrected chi connectivity index (χ3v) is 8.27. The molecule has 2 saturated carbocycles. The Morgan fingerprint density at radius 3 is 1.98 bits per heavy atom. The van der Waals surface area contributed by atoms with E-state index in [2.05, 4.69) is 28.0 Å². The first-order valence-electron chi connectivity index (χ1n) is 14.9. The second-order valence-electron chi connectivity index (χ2n) is 12.1. The predicted octanol–water partition coefficient (Wildman–Crippen LogP) is 7.80. The largest absolute Gasteiger partial charge is 0.416 e. The van der Waals surface area contributed by atoms with Gasteiger partial charge in [0.15, 0.2) is 0 Å². The molecular formula is C32H34F6N6. The summed E-state index contributed by atoms with van der Waals surface area (Å²) in [6.45, 7) is 3.67. The van der Waals surface area contributed by atoms with Crippen molar-refractivity contribution in [1.29, 1.82) is 0 Å². The van der Waals surface area contributed by atoms with Crippen LogP contribution in [0.2, 0.25) is 0 Å². The summed E-state index contributed by atoms with van der Waals surface area (Å²) in [5.41, 5.74) is -0.00744. The zero-order chi connectivity index (χ0) is 31.2. The van der Waals surface area contributed by atoms with Gasteiger partial charge in [-0.15, -0.1) is 5.10 Å². The molecule has 0 spiro atoms. The van der Waals surface area contributed by atoms with E-state index in [9.17, 15) is 26.3 Å². The zero-order valence-corrected chi connectivity index (χ0v) is 24.6. The first-order valence-corrected chi connectivity index (χ1v) is 14.9. The number of aromatic nitrogens is 4. The van der Waals surface area contributed by atoms with E-state index in [-0.39, 0.29) is 30.7 Å². The van der Waals surface area contributed by atoms with Crippen molar-refractivity contribution in [3.8, 4) is 0 Å². The molecular weight excluding hydrogens is 582 g/mol. The molecule has 2 aromatic carbocycles. The number of hydrogen-bond acceptors (Lipinski definition) is 5. The summed E-state index contributed by atoms with van der Waals surface area (Å²) in [5, 5.41) is 5.30. The second-order valence-corrected chi connectivity index (χ2v) is 12.1. The molecule has 0 aliphatic heterocycles. The van der Waals surface area contributed by atoms with E-state index in [1.54, 1.807) is 11.9 Å². The number of anilines is 2. The first-order chi connectivity index (χ1) is 20.9. The van der Waals surface area contributed by atoms with E-state index >= 15 is 0 Å². The van der Waals surface area contributed by atoms with Gasteiger partial charge in [0.05, 0.1) is 16.6 Å². The fourth-order valence-corrected chi connectivity index (χ4v) is 5.65. The number of fused-ring (bicyclic) bond motifs is 1. The van der Waals surface area contributed by atoms with Crippen LogP contribution in [0.4, 0.5) is 38.1 Å². The van der Waals surface area contributed by atoms with Crippen LogP contribution in [0.5, 0.6) is 0 Å². The summed E-state index contributed by atoms with van der Waals surface area (Å²) in [7, 11) is 1.66. The predicted molar refractivity (Wildman–Crippen MR) is 156 cm³/mol. The number of rotatable bonds is 11. The topological polar surface area (TPSA) is 50.1 Å². The zero-order valence-electron chi connectivity index (χ0n) is 24.6. The number of alkyl halides is 6. The summed E-state index contributed by atoms with van der Waals surface area (Å²) in [4.78, 5) is 13.5. The van der Waals surface area contributed by atoms with Crippen molar-refractivity contribution in [1.82, 2.24) is 19.7 Å². The minimum absolute atomic E-state index is 0.141. The Kier molecular flexibility index (Phi) is 7.96. The highest BCUT2D eigenvalue weighted by molar-refractivity contribution is 5.85. The van der Waals surface area contributed by atoms with Crippen molar-refractivity contribution in [2.75, 3.05) is 22.9 Å². The molecule has 0 unspecified atom stereocenters. The van der Waals surface area contributed by atoms with Crippen LogP contribution in [0.1, 0.15) is 60.4 Å². The maximum absolute atomic E-state index is 13.7. The van der Waals surface area contributed by atoms with Gasteiger partial charge in [-0.1, -0.05) is 25.1 Å². The summed E-state index contributed by atoms with van der Waals surface area (Å²) in [6.07, 6.45) is -3.00. The lowest BCUT2D eigenvalue weighted by Crippen LogP contribution is -2.32. The molecule has 2 heterocycles. The normalized spacial score (nSPS) is 15.6. The highest BCUT2D eigenvalue weighted by Gasteiger charge is 2.37. The average Bonchev–Trinajstić information content (AvgIpc) is 3.91. The molecule has 0 atom stereocenters. The molecule has 2 aliphatic carbocycles. The maximum Gasteiger partial charge on any atom is 0.416 e. The molecule has 2 fully saturated rings. The Morgan fingerprint density at radius 2 is 1.45 bits per heavy atom. The van der Waals surface area contributed by atoms with Gasteiger partial charge in [-0.05, 0) is 79.3 Å². The molecule has 0 bridgehead atoms. The lowest BCUT2D eigenvalue weighted by Gasteiger charge is -2.29. The number of aryl methyl sites for hydroxylation is 2. The molecule has 2 aromatic heterocycles. The number of benzene rings is 2. The van der Waals surface area contributed by atoms with Gasteiger partial charge in [0.2, 0.25) is 5.95 Å². The lowest BCUT2D eigenvalue weighted by atomic mass is 10.0. The van der Waals surface area contributed by atoms with Crippen LogP contribution in [-0.4, -0.2) is 32.8 Å². The maximum atomic E-state index is 13.7. The van der Waals surface area contributed by atoms with Crippen molar-refractivity contribution in [2.24, 2.45) is 18.9 Å². The average molecular weight is 617 g/mol. The molecule has 234 valence electrons. The van der Waals surface area contributed by atoms with E-state index < -0.39 is 23.5 Å². The number of halogens is 6. The molecule has 0 radical (unpaired) electrons. The van der Waals surface area contributed by atoms with Gasteiger partial charge < -0.3 is 9.80 Å². The highest BCUT2D eigenvalue weighted by Crippen LogP contribution is 2.39. The fourth-order valence-electron chi connectivity index (χ4n) is 5.65. The number of para-hydroxylation sites is 1. The van der Waals surface area contributed by atoms with E-state index in [1.165, 1.54) is 11.0 Å². The standard InChI is InChI=1S/C32H34F6N6/c1-3-23-5-4-6-24-13-25(29(40-28(23)24)43(15-20-7-8-20)16-21-9-10-21)18-44(30-39-19-42(2)41-30)17-22-11-26(31(33,34)35)14-27(12-22)32(36,37)38/h4-6,11-14,19-21H,3,7-10,15-18H2,1-2H3. The van der Waals surface area contributed by atoms with Crippen LogP contribution in [0.15, 0.2) is 48.8 Å². The van der Waals surface area contributed by atoms with E-state index in [0.29, 0.717) is 11.8 Å². The van der Waals surface area contributed by atoms with Crippen molar-refractivity contribution < 1.29 is 26.3 Å². The SMILES string of the molecule is CCc1cccc2cc(CN(Cc3cc(C(F)(F)F)cc(C(F)(F)F)c3)c3ncn(C)n3)c(N(CC3CC3)CC3CC3)nc12. The molecule has 0 amide bonds. The van der Waals surface area contributed by atoms with Crippen LogP contribution < -0.4 is 9.80 Å². The van der Waals surface area contributed by atoms with Gasteiger partial charge in [0, 0.05) is 44.2 Å². The Labute approximate surface area is 251 Å². The molecule has 2 aliphatic rings. The smallest absolute Gasteiger partial charge is 0.356 e. The molecule has 0 saturated heterocycles. The Bertz CT molecular complexity index is 1590. The quantitative estimate of drug-likeness (QED) is 0.161. The third-order valence-electron chi connectivity index (χ3n) is 8.27. The minimum Gasteiger partial charge on any atom is -0.356 e. The van der Waals surface area contributed by atoms with Crippen molar-refractivity contribution >= 4 is 22.7 Å². The Hall–Kier alpha value is -3.83. The van der Waals surface area contributed by atoms with Crippen LogP contribution in [0, 0.1) is 11.8 Å². The molecule has 6 nitrogen and oxygen atoms in total. The van der Waals surface area contributed by atoms with Gasteiger partial charge in [0.25, 0.3) is 0 Å². The number of pyridine rings is 1. The van der Waals surface area contributed by atoms with Gasteiger partial charge in [-0.3, -0.25) is 4.68 Å². The monoisotopic (exact) mass is 616 g/mol. The van der Waals surface area contributed by atoms with Gasteiger partial charge in [-0.2, -0.15) is 26.3 Å². The molecule has 0 N–H and O–H groups in total. The fraction of sp³-hybridized carbons (Fsp3) is 0.469. The second kappa shape index (κ2) is 11.6. The van der Waals surface area contributed by atoms with Gasteiger partial charge in [-0.25, -0.2) is 9.97 Å². The number of nitrogens with zero attached hydrogens (tertiary/aromatic N) is 6. The van der Waals surface area contributed by atoms with Crippen LogP contribution in [0.25, 0.3) is 10.9 Å². The summed E-state index contributed by atoms with van der Waals surface area (Å²) >= 11 is 0. The first kappa shape index (κ1) is 30.2. The van der Waals surface area contributed by atoms with E-state index in [1.807, 2.05) is 18.2 Å². The molecule has 6 rings (SSSR count). The van der Waals surface area contributed by atoms with E-state index in [0.717, 1.165) is 85.2 Å². The molecule has 12 heteroatoms. The van der Waals surface area contributed by atoms with E-state index in [4.69, 9.17) is 4.98 Å². The third kappa shape index (κ3) is 6.94. The molecule has 4 aromatic rings. The van der Waals surface area contributed by atoms with Crippen LogP contribution >= 0.6 is 0 Å². The number of hydrogen-bond donors (Lipinski definition) is 0. The van der Waals surface area contributed by atoms with Crippen LogP contribution in [-0.2, 0) is 38.9 Å². The summed E-state index contributed by atoms with van der Waals surface area (Å²) in [6, 6.07) is 9.74. The Balaban J connectivity index is 1.45. The summed E-state index contributed by atoms with van der Waals surface area (Å²) in [5.74, 6) is 2.17.